The summed E-state index contributed by atoms with van der Waals surface area (Å²) in [5.41, 5.74) is 2.51. The summed E-state index contributed by atoms with van der Waals surface area (Å²) in [6, 6.07) is 5.89. The Hall–Kier alpha value is -1.02. The van der Waals surface area contributed by atoms with E-state index in [1.165, 1.54) is 17.5 Å². The van der Waals surface area contributed by atoms with Gasteiger partial charge in [-0.3, -0.25) is 0 Å². The maximum atomic E-state index is 9.79. The molecule has 2 nitrogen and oxygen atoms in total. The Morgan fingerprint density at radius 3 is 2.93 bits per heavy atom. The van der Waals surface area contributed by atoms with Crippen molar-refractivity contribution in [1.29, 1.82) is 0 Å². The van der Waals surface area contributed by atoms with Gasteiger partial charge in [-0.15, -0.1) is 0 Å². The van der Waals surface area contributed by atoms with Gasteiger partial charge in [0.2, 0.25) is 0 Å². The number of fused-ring (bicyclic) bond motifs is 1. The molecule has 0 radical (unpaired) electrons. The van der Waals surface area contributed by atoms with Gasteiger partial charge in [0.1, 0.15) is 5.75 Å². The summed E-state index contributed by atoms with van der Waals surface area (Å²) in [6.07, 6.45) is 3.39. The Bertz CT molecular complexity index is 346. The van der Waals surface area contributed by atoms with E-state index in [0.29, 0.717) is 11.7 Å². The Kier molecular flexibility index (Phi) is 2.96. The van der Waals surface area contributed by atoms with E-state index in [9.17, 15) is 5.11 Å². The van der Waals surface area contributed by atoms with Crippen LogP contribution in [0.15, 0.2) is 18.2 Å². The predicted molar refractivity (Wildman–Crippen MR) is 62.2 cm³/mol. The summed E-state index contributed by atoms with van der Waals surface area (Å²) in [5.74, 6) is 1.18. The van der Waals surface area contributed by atoms with Crippen LogP contribution >= 0.6 is 0 Å². The van der Waals surface area contributed by atoms with Crippen LogP contribution in [0.5, 0.6) is 5.75 Å². The Labute approximate surface area is 91.5 Å². The van der Waals surface area contributed by atoms with Crippen LogP contribution in [0.1, 0.15) is 17.5 Å². The number of benzene rings is 1. The highest BCUT2D eigenvalue weighted by atomic mass is 16.3. The molecule has 1 aliphatic carbocycles. The van der Waals surface area contributed by atoms with Crippen LogP contribution in [-0.4, -0.2) is 30.6 Å². The molecule has 0 fully saturated rings. The molecule has 0 spiro atoms. The standard InChI is InChI=1S/C13H19NO/c1-14(2)9-10-6-7-11-4-3-5-13(15)12(11)8-10/h3-5,10,15H,6-9H2,1-2H3. The largest absolute Gasteiger partial charge is 0.508 e. The van der Waals surface area contributed by atoms with Crippen molar-refractivity contribution < 1.29 is 5.11 Å². The molecule has 0 aliphatic heterocycles. The van der Waals surface area contributed by atoms with Gasteiger partial charge in [0.05, 0.1) is 0 Å². The van der Waals surface area contributed by atoms with Gasteiger partial charge in [-0.1, -0.05) is 12.1 Å². The lowest BCUT2D eigenvalue weighted by molar-refractivity contribution is 0.299. The Balaban J connectivity index is 2.15. The van der Waals surface area contributed by atoms with Crippen LogP contribution in [0.2, 0.25) is 0 Å². The molecular formula is C13H19NO. The summed E-state index contributed by atoms with van der Waals surface area (Å²) < 4.78 is 0. The molecular weight excluding hydrogens is 186 g/mol. The minimum Gasteiger partial charge on any atom is -0.508 e. The second-order valence-corrected chi connectivity index (χ2v) is 4.79. The van der Waals surface area contributed by atoms with E-state index in [1.54, 1.807) is 6.07 Å². The summed E-state index contributed by atoms with van der Waals surface area (Å²) in [5, 5.41) is 9.79. The van der Waals surface area contributed by atoms with Crippen molar-refractivity contribution in [3.63, 3.8) is 0 Å². The third-order valence-corrected chi connectivity index (χ3v) is 3.19. The molecule has 1 aliphatic rings. The first-order valence-electron chi connectivity index (χ1n) is 5.61. The van der Waals surface area contributed by atoms with E-state index in [0.717, 1.165) is 19.4 Å². The van der Waals surface area contributed by atoms with Crippen LogP contribution in [-0.2, 0) is 12.8 Å². The normalized spacial score (nSPS) is 20.3. The first kappa shape index (κ1) is 10.5. The lowest BCUT2D eigenvalue weighted by Gasteiger charge is -2.27. The highest BCUT2D eigenvalue weighted by Gasteiger charge is 2.20. The topological polar surface area (TPSA) is 23.5 Å². The number of hydrogen-bond donors (Lipinski definition) is 1. The van der Waals surface area contributed by atoms with Crippen molar-refractivity contribution in [3.05, 3.63) is 29.3 Å². The van der Waals surface area contributed by atoms with E-state index >= 15 is 0 Å². The number of nitrogens with zero attached hydrogens (tertiary/aromatic N) is 1. The van der Waals surface area contributed by atoms with Crippen LogP contribution < -0.4 is 0 Å². The zero-order chi connectivity index (χ0) is 10.8. The third kappa shape index (κ3) is 2.32. The van der Waals surface area contributed by atoms with Crippen LogP contribution in [0.4, 0.5) is 0 Å². The molecule has 1 aromatic carbocycles. The molecule has 2 heteroatoms. The number of aryl methyl sites for hydroxylation is 1. The fraction of sp³-hybridized carbons (Fsp3) is 0.538. The first-order chi connectivity index (χ1) is 7.16. The van der Waals surface area contributed by atoms with E-state index in [-0.39, 0.29) is 0 Å². The summed E-state index contributed by atoms with van der Waals surface area (Å²) >= 11 is 0. The molecule has 0 saturated heterocycles. The van der Waals surface area contributed by atoms with Gasteiger partial charge >= 0.3 is 0 Å². The Morgan fingerprint density at radius 1 is 1.40 bits per heavy atom. The molecule has 1 unspecified atom stereocenters. The molecule has 2 rings (SSSR count). The molecule has 82 valence electrons. The molecule has 0 amide bonds. The van der Waals surface area contributed by atoms with Gasteiger partial charge in [-0.05, 0) is 56.5 Å². The first-order valence-corrected chi connectivity index (χ1v) is 5.61. The van der Waals surface area contributed by atoms with Gasteiger partial charge in [0, 0.05) is 6.54 Å². The average molecular weight is 205 g/mol. The van der Waals surface area contributed by atoms with Crippen molar-refractivity contribution >= 4 is 0 Å². The maximum Gasteiger partial charge on any atom is 0.119 e. The number of rotatable bonds is 2. The number of aromatic hydroxyl groups is 1. The third-order valence-electron chi connectivity index (χ3n) is 3.19. The molecule has 0 bridgehead atoms. The fourth-order valence-corrected chi connectivity index (χ4v) is 2.51. The summed E-state index contributed by atoms with van der Waals surface area (Å²) in [4.78, 5) is 2.23. The van der Waals surface area contributed by atoms with E-state index in [1.807, 2.05) is 6.07 Å². The van der Waals surface area contributed by atoms with E-state index < -0.39 is 0 Å². The second kappa shape index (κ2) is 4.23. The average Bonchev–Trinajstić information content (AvgIpc) is 2.18. The molecule has 0 saturated carbocycles. The molecule has 1 N–H and O–H groups in total. The van der Waals surface area contributed by atoms with Gasteiger partial charge in [-0.25, -0.2) is 0 Å². The number of hydrogen-bond acceptors (Lipinski definition) is 2. The SMILES string of the molecule is CN(C)CC1CCc2cccc(O)c2C1. The quantitative estimate of drug-likeness (QED) is 0.799. The van der Waals surface area contributed by atoms with Crippen molar-refractivity contribution in [3.8, 4) is 5.75 Å². The van der Waals surface area contributed by atoms with Gasteiger partial charge in [-0.2, -0.15) is 0 Å². The molecule has 0 aromatic heterocycles. The smallest absolute Gasteiger partial charge is 0.119 e. The maximum absolute atomic E-state index is 9.79. The fourth-order valence-electron chi connectivity index (χ4n) is 2.51. The van der Waals surface area contributed by atoms with Crippen LogP contribution in [0.3, 0.4) is 0 Å². The minimum atomic E-state index is 0.482. The monoisotopic (exact) mass is 205 g/mol. The van der Waals surface area contributed by atoms with Crippen molar-refractivity contribution in [2.75, 3.05) is 20.6 Å². The van der Waals surface area contributed by atoms with Gasteiger partial charge < -0.3 is 10.0 Å². The van der Waals surface area contributed by atoms with Gasteiger partial charge in [0.15, 0.2) is 0 Å². The predicted octanol–water partition coefficient (Wildman–Crippen LogP) is 2.06. The van der Waals surface area contributed by atoms with Gasteiger partial charge in [0.25, 0.3) is 0 Å². The molecule has 1 atom stereocenters. The van der Waals surface area contributed by atoms with E-state index in [2.05, 4.69) is 25.1 Å². The van der Waals surface area contributed by atoms with Crippen LogP contribution in [0, 0.1) is 5.92 Å². The van der Waals surface area contributed by atoms with E-state index in [4.69, 9.17) is 0 Å². The lowest BCUT2D eigenvalue weighted by Crippen LogP contribution is -2.26. The number of phenolic OH excluding ortho intramolecular Hbond substituents is 1. The molecule has 15 heavy (non-hydrogen) atoms. The van der Waals surface area contributed by atoms with Crippen LogP contribution in [0.25, 0.3) is 0 Å². The minimum absolute atomic E-state index is 0.482. The number of phenols is 1. The zero-order valence-electron chi connectivity index (χ0n) is 9.53. The van der Waals surface area contributed by atoms with Crippen molar-refractivity contribution in [2.24, 2.45) is 5.92 Å². The molecule has 0 heterocycles. The summed E-state index contributed by atoms with van der Waals surface area (Å²) in [7, 11) is 4.22. The highest BCUT2D eigenvalue weighted by molar-refractivity contribution is 5.41. The lowest BCUT2D eigenvalue weighted by atomic mass is 9.83. The second-order valence-electron chi connectivity index (χ2n) is 4.79. The summed E-state index contributed by atoms with van der Waals surface area (Å²) in [6.45, 7) is 1.12. The molecule has 1 aromatic rings. The highest BCUT2D eigenvalue weighted by Crippen LogP contribution is 2.31. The zero-order valence-corrected chi connectivity index (χ0v) is 9.53. The van der Waals surface area contributed by atoms with Crippen molar-refractivity contribution in [2.45, 2.75) is 19.3 Å². The Morgan fingerprint density at radius 2 is 2.20 bits per heavy atom. The van der Waals surface area contributed by atoms with Crippen molar-refractivity contribution in [1.82, 2.24) is 4.90 Å².